The van der Waals surface area contributed by atoms with Crippen LogP contribution in [0.4, 0.5) is 0 Å². The van der Waals surface area contributed by atoms with Crippen molar-refractivity contribution in [1.29, 1.82) is 0 Å². The van der Waals surface area contributed by atoms with Crippen LogP contribution in [0.15, 0.2) is 54.6 Å². The van der Waals surface area contributed by atoms with Crippen molar-refractivity contribution in [2.75, 3.05) is 13.2 Å². The van der Waals surface area contributed by atoms with Crippen LogP contribution >= 0.6 is 0 Å². The molecule has 3 heterocycles. The Kier molecular flexibility index (Phi) is 2.99. The zero-order valence-corrected chi connectivity index (χ0v) is 14.4. The van der Waals surface area contributed by atoms with Crippen molar-refractivity contribution >= 4 is 0 Å². The Morgan fingerprint density at radius 1 is 1.00 bits per heavy atom. The predicted octanol–water partition coefficient (Wildman–Crippen LogP) is 4.10. The normalized spacial score (nSPS) is 23.7. The third kappa shape index (κ3) is 2.03. The first-order valence-corrected chi connectivity index (χ1v) is 8.67. The van der Waals surface area contributed by atoms with E-state index in [1.807, 2.05) is 28.9 Å². The lowest BCUT2D eigenvalue weighted by Gasteiger charge is -2.44. The molecule has 0 saturated heterocycles. The molecule has 0 amide bonds. The summed E-state index contributed by atoms with van der Waals surface area (Å²) in [4.78, 5) is 0. The number of ether oxygens (including phenoxy) is 2. The van der Waals surface area contributed by atoms with Crippen LogP contribution in [-0.2, 0) is 0 Å². The first-order valence-electron chi connectivity index (χ1n) is 8.67. The SMILES string of the molecule is Cc1nn(-c2ccccc2)c2c1[C@@H]1c3ccccc3OC[C@]1(C)CO2. The van der Waals surface area contributed by atoms with Crippen LogP contribution in [-0.4, -0.2) is 23.0 Å². The second kappa shape index (κ2) is 5.12. The molecule has 3 aromatic rings. The number of aromatic nitrogens is 2. The number of nitrogens with zero attached hydrogens (tertiary/aromatic N) is 2. The number of benzene rings is 2. The molecule has 0 N–H and O–H groups in total. The number of aryl methyl sites for hydroxylation is 1. The lowest BCUT2D eigenvalue weighted by Crippen LogP contribution is -2.44. The van der Waals surface area contributed by atoms with Crippen molar-refractivity contribution in [1.82, 2.24) is 9.78 Å². The summed E-state index contributed by atoms with van der Waals surface area (Å²) in [5, 5.41) is 4.81. The van der Waals surface area contributed by atoms with E-state index in [0.717, 1.165) is 23.0 Å². The number of rotatable bonds is 1. The monoisotopic (exact) mass is 332 g/mol. The lowest BCUT2D eigenvalue weighted by molar-refractivity contribution is 0.0415. The highest BCUT2D eigenvalue weighted by molar-refractivity contribution is 5.53. The fourth-order valence-electron chi connectivity index (χ4n) is 4.15. The first kappa shape index (κ1) is 14.6. The van der Waals surface area contributed by atoms with Crippen LogP contribution in [0.5, 0.6) is 11.6 Å². The molecule has 4 nitrogen and oxygen atoms in total. The van der Waals surface area contributed by atoms with Crippen LogP contribution in [0.1, 0.15) is 29.7 Å². The van der Waals surface area contributed by atoms with Gasteiger partial charge in [0.2, 0.25) is 5.88 Å². The van der Waals surface area contributed by atoms with Gasteiger partial charge in [-0.15, -0.1) is 0 Å². The molecule has 0 spiro atoms. The van der Waals surface area contributed by atoms with E-state index in [9.17, 15) is 0 Å². The van der Waals surface area contributed by atoms with Crippen molar-refractivity contribution in [2.24, 2.45) is 5.41 Å². The number of hydrogen-bond donors (Lipinski definition) is 0. The van der Waals surface area contributed by atoms with E-state index < -0.39 is 0 Å². The maximum Gasteiger partial charge on any atom is 0.220 e. The molecule has 1 aromatic heterocycles. The molecule has 0 bridgehead atoms. The fourth-order valence-corrected chi connectivity index (χ4v) is 4.15. The Morgan fingerprint density at radius 3 is 2.56 bits per heavy atom. The van der Waals surface area contributed by atoms with E-state index in [1.165, 1.54) is 11.1 Å². The quantitative estimate of drug-likeness (QED) is 0.673. The number of fused-ring (bicyclic) bond motifs is 5. The summed E-state index contributed by atoms with van der Waals surface area (Å²) < 4.78 is 14.2. The smallest absolute Gasteiger partial charge is 0.220 e. The van der Waals surface area contributed by atoms with Crippen molar-refractivity contribution in [2.45, 2.75) is 19.8 Å². The average Bonchev–Trinajstić information content (AvgIpc) is 2.98. The Balaban J connectivity index is 1.74. The third-order valence-corrected chi connectivity index (χ3v) is 5.37. The number of hydrogen-bond acceptors (Lipinski definition) is 3. The van der Waals surface area contributed by atoms with E-state index in [2.05, 4.69) is 44.2 Å². The molecule has 0 saturated carbocycles. The third-order valence-electron chi connectivity index (χ3n) is 5.37. The Labute approximate surface area is 147 Å². The minimum atomic E-state index is -0.0866. The molecule has 2 aromatic carbocycles. The van der Waals surface area contributed by atoms with Gasteiger partial charge in [-0.2, -0.15) is 5.10 Å². The van der Waals surface area contributed by atoms with Gasteiger partial charge in [0, 0.05) is 22.5 Å². The maximum atomic E-state index is 6.24. The predicted molar refractivity (Wildman–Crippen MR) is 95.7 cm³/mol. The molecule has 0 fully saturated rings. The molecule has 2 atom stereocenters. The van der Waals surface area contributed by atoms with Gasteiger partial charge in [-0.1, -0.05) is 43.3 Å². The van der Waals surface area contributed by atoms with Crippen molar-refractivity contribution in [3.05, 3.63) is 71.4 Å². The molecule has 2 aliphatic heterocycles. The summed E-state index contributed by atoms with van der Waals surface area (Å²) in [5.74, 6) is 2.08. The van der Waals surface area contributed by atoms with E-state index in [0.29, 0.717) is 13.2 Å². The Morgan fingerprint density at radius 2 is 1.72 bits per heavy atom. The summed E-state index contributed by atoms with van der Waals surface area (Å²) >= 11 is 0. The molecule has 4 heteroatoms. The van der Waals surface area contributed by atoms with Gasteiger partial charge in [0.15, 0.2) is 0 Å². The van der Waals surface area contributed by atoms with E-state index in [1.54, 1.807) is 0 Å². The second-order valence-electron chi connectivity index (χ2n) is 7.25. The van der Waals surface area contributed by atoms with E-state index in [-0.39, 0.29) is 11.3 Å². The van der Waals surface area contributed by atoms with Crippen molar-refractivity contribution in [3.8, 4) is 17.3 Å². The van der Waals surface area contributed by atoms with Crippen molar-refractivity contribution < 1.29 is 9.47 Å². The molecule has 2 aliphatic rings. The van der Waals surface area contributed by atoms with E-state index in [4.69, 9.17) is 14.6 Å². The van der Waals surface area contributed by atoms with Crippen LogP contribution in [0.2, 0.25) is 0 Å². The standard InChI is InChI=1S/C21H20N2O2/c1-14-18-19-16-10-6-7-11-17(16)24-12-21(19,2)13-25-20(18)23(22-14)15-8-4-3-5-9-15/h3-11,19H,12-13H2,1-2H3/t19-,21+/m0/s1. The van der Waals surface area contributed by atoms with E-state index >= 15 is 0 Å². The van der Waals surface area contributed by atoms with Crippen molar-refractivity contribution in [3.63, 3.8) is 0 Å². The summed E-state index contributed by atoms with van der Waals surface area (Å²) in [6.07, 6.45) is 0. The second-order valence-corrected chi connectivity index (χ2v) is 7.25. The van der Waals surface area contributed by atoms with Crippen LogP contribution in [0.3, 0.4) is 0 Å². The van der Waals surface area contributed by atoms with Gasteiger partial charge in [0.25, 0.3) is 0 Å². The number of para-hydroxylation sites is 2. The summed E-state index contributed by atoms with van der Waals surface area (Å²) in [6, 6.07) is 18.5. The molecule has 25 heavy (non-hydrogen) atoms. The average molecular weight is 332 g/mol. The van der Waals surface area contributed by atoms with Gasteiger partial charge in [0.05, 0.1) is 24.6 Å². The summed E-state index contributed by atoms with van der Waals surface area (Å²) in [5.41, 5.74) is 4.38. The minimum Gasteiger partial charge on any atom is -0.493 e. The molecule has 5 rings (SSSR count). The van der Waals surface area contributed by atoms with Gasteiger partial charge in [-0.05, 0) is 25.1 Å². The van der Waals surface area contributed by atoms with Gasteiger partial charge < -0.3 is 9.47 Å². The molecule has 0 radical (unpaired) electrons. The summed E-state index contributed by atoms with van der Waals surface area (Å²) in [6.45, 7) is 5.60. The zero-order valence-electron chi connectivity index (χ0n) is 14.4. The Bertz CT molecular complexity index is 948. The zero-order chi connectivity index (χ0) is 17.0. The van der Waals surface area contributed by atoms with Crippen LogP contribution < -0.4 is 9.47 Å². The van der Waals surface area contributed by atoms with Gasteiger partial charge in [-0.25, -0.2) is 4.68 Å². The topological polar surface area (TPSA) is 36.3 Å². The maximum absolute atomic E-state index is 6.24. The van der Waals surface area contributed by atoms with Gasteiger partial charge in [0.1, 0.15) is 5.75 Å². The minimum absolute atomic E-state index is 0.0866. The van der Waals surface area contributed by atoms with Crippen LogP contribution in [0.25, 0.3) is 5.69 Å². The molecule has 0 aliphatic carbocycles. The molecular weight excluding hydrogens is 312 g/mol. The molecular formula is C21H20N2O2. The highest BCUT2D eigenvalue weighted by Crippen LogP contribution is 2.54. The lowest BCUT2D eigenvalue weighted by atomic mass is 9.68. The van der Waals surface area contributed by atoms with Gasteiger partial charge >= 0.3 is 0 Å². The molecule has 126 valence electrons. The fraction of sp³-hybridized carbons (Fsp3) is 0.286. The summed E-state index contributed by atoms with van der Waals surface area (Å²) in [7, 11) is 0. The highest BCUT2D eigenvalue weighted by Gasteiger charge is 2.49. The van der Waals surface area contributed by atoms with Gasteiger partial charge in [-0.3, -0.25) is 0 Å². The first-order chi connectivity index (χ1) is 12.2. The largest absolute Gasteiger partial charge is 0.493 e. The Hall–Kier alpha value is -2.75. The van der Waals surface area contributed by atoms with Crippen LogP contribution in [0, 0.1) is 12.3 Å². The molecule has 0 unspecified atom stereocenters. The highest BCUT2D eigenvalue weighted by atomic mass is 16.5.